The van der Waals surface area contributed by atoms with Crippen molar-refractivity contribution in [2.24, 2.45) is 0 Å². The van der Waals surface area contributed by atoms with Crippen molar-refractivity contribution in [3.05, 3.63) is 23.8 Å². The van der Waals surface area contributed by atoms with Crippen molar-refractivity contribution in [2.75, 3.05) is 24.6 Å². The Kier molecular flexibility index (Phi) is 4.32. The average molecular weight is 303 g/mol. The van der Waals surface area contributed by atoms with E-state index in [-0.39, 0.29) is 24.4 Å². The van der Waals surface area contributed by atoms with Crippen molar-refractivity contribution in [3.63, 3.8) is 0 Å². The summed E-state index contributed by atoms with van der Waals surface area (Å²) in [4.78, 5) is 25.6. The number of ketones is 1. The van der Waals surface area contributed by atoms with Gasteiger partial charge < -0.3 is 14.4 Å². The van der Waals surface area contributed by atoms with Crippen molar-refractivity contribution in [1.29, 1.82) is 0 Å². The highest BCUT2D eigenvalue weighted by Crippen LogP contribution is 2.32. The third kappa shape index (κ3) is 3.24. The molecule has 0 saturated heterocycles. The van der Waals surface area contributed by atoms with E-state index in [1.807, 2.05) is 4.90 Å². The molecule has 1 fully saturated rings. The number of Topliss-reactive ketones (excluding diaryl/α,β-unsaturated/α-hetero) is 1. The molecule has 5 heteroatoms. The van der Waals surface area contributed by atoms with Gasteiger partial charge in [0.2, 0.25) is 0 Å². The summed E-state index contributed by atoms with van der Waals surface area (Å²) in [5.74, 6) is 0.514. The van der Waals surface area contributed by atoms with E-state index in [2.05, 4.69) is 0 Å². The first kappa shape index (κ1) is 14.9. The van der Waals surface area contributed by atoms with Gasteiger partial charge in [-0.3, -0.25) is 9.59 Å². The van der Waals surface area contributed by atoms with Crippen LogP contribution in [0.15, 0.2) is 18.2 Å². The maximum atomic E-state index is 12.1. The highest BCUT2D eigenvalue weighted by molar-refractivity contribution is 5.95. The fraction of sp³-hybridized carbons (Fsp3) is 0.529. The zero-order chi connectivity index (χ0) is 15.5. The fourth-order valence-corrected chi connectivity index (χ4v) is 3.04. The Hall–Kier alpha value is -2.04. The monoisotopic (exact) mass is 303 g/mol. The summed E-state index contributed by atoms with van der Waals surface area (Å²) in [7, 11) is 0. The lowest BCUT2D eigenvalue weighted by atomic mass is 10.1. The first-order chi connectivity index (χ1) is 10.6. The van der Waals surface area contributed by atoms with E-state index >= 15 is 0 Å². The Labute approximate surface area is 130 Å². The number of fused-ring (bicyclic) bond motifs is 1. The third-order valence-corrected chi connectivity index (χ3v) is 4.25. The molecule has 1 aromatic carbocycles. The zero-order valence-electron chi connectivity index (χ0n) is 12.8. The van der Waals surface area contributed by atoms with Crippen LogP contribution in [0.3, 0.4) is 0 Å². The molecule has 0 bridgehead atoms. The summed E-state index contributed by atoms with van der Waals surface area (Å²) in [5.41, 5.74) is 1.42. The predicted molar refractivity (Wildman–Crippen MR) is 82.5 cm³/mol. The van der Waals surface area contributed by atoms with Crippen molar-refractivity contribution < 1.29 is 19.1 Å². The summed E-state index contributed by atoms with van der Waals surface area (Å²) >= 11 is 0. The molecule has 22 heavy (non-hydrogen) atoms. The van der Waals surface area contributed by atoms with Gasteiger partial charge in [-0.25, -0.2) is 0 Å². The molecule has 0 radical (unpaired) electrons. The van der Waals surface area contributed by atoms with Crippen molar-refractivity contribution >= 4 is 17.4 Å². The van der Waals surface area contributed by atoms with Gasteiger partial charge >= 0.3 is 5.97 Å². The number of hydrogen-bond donors (Lipinski definition) is 0. The summed E-state index contributed by atoms with van der Waals surface area (Å²) in [6, 6.07) is 5.34. The number of nitrogens with zero attached hydrogens (tertiary/aromatic N) is 1. The first-order valence-electron chi connectivity index (χ1n) is 7.86. The number of anilines is 1. The van der Waals surface area contributed by atoms with Crippen molar-refractivity contribution in [3.8, 4) is 5.75 Å². The highest BCUT2D eigenvalue weighted by Gasteiger charge is 2.24. The summed E-state index contributed by atoms with van der Waals surface area (Å²) in [6.07, 6.45) is 4.30. The molecule has 5 nitrogen and oxygen atoms in total. The standard InChI is InChI=1S/C17H21NO4/c1-12(19)13-6-7-16-15(10-13)18(8-9-21-16)11-17(20)22-14-4-2-3-5-14/h6-7,10,14H,2-5,8-9,11H2,1H3. The van der Waals surface area contributed by atoms with Gasteiger partial charge in [0, 0.05) is 5.56 Å². The van der Waals surface area contributed by atoms with E-state index in [4.69, 9.17) is 9.47 Å². The quantitative estimate of drug-likeness (QED) is 0.632. The third-order valence-electron chi connectivity index (χ3n) is 4.25. The minimum absolute atomic E-state index is 0.00172. The van der Waals surface area contributed by atoms with Gasteiger partial charge in [0.15, 0.2) is 5.78 Å². The van der Waals surface area contributed by atoms with Gasteiger partial charge in [-0.15, -0.1) is 0 Å². The van der Waals surface area contributed by atoms with Crippen LogP contribution >= 0.6 is 0 Å². The number of hydrogen-bond acceptors (Lipinski definition) is 5. The molecule has 0 aromatic heterocycles. The lowest BCUT2D eigenvalue weighted by Gasteiger charge is -2.31. The Bertz CT molecular complexity index is 578. The van der Waals surface area contributed by atoms with Crippen LogP contribution in [0.25, 0.3) is 0 Å². The van der Waals surface area contributed by atoms with E-state index in [0.717, 1.165) is 31.4 Å². The summed E-state index contributed by atoms with van der Waals surface area (Å²) in [6.45, 7) is 2.88. The van der Waals surface area contributed by atoms with E-state index in [1.54, 1.807) is 18.2 Å². The number of ether oxygens (including phenoxy) is 2. The Morgan fingerprint density at radius 1 is 1.32 bits per heavy atom. The lowest BCUT2D eigenvalue weighted by Crippen LogP contribution is -2.38. The van der Waals surface area contributed by atoms with Gasteiger partial charge in [-0.2, -0.15) is 0 Å². The Morgan fingerprint density at radius 3 is 2.82 bits per heavy atom. The van der Waals surface area contributed by atoms with Gasteiger partial charge in [0.05, 0.1) is 12.2 Å². The van der Waals surface area contributed by atoms with Crippen LogP contribution in [0, 0.1) is 0 Å². The Morgan fingerprint density at radius 2 is 2.09 bits per heavy atom. The normalized spacial score (nSPS) is 17.8. The highest BCUT2D eigenvalue weighted by atomic mass is 16.5. The molecule has 118 valence electrons. The second-order valence-electron chi connectivity index (χ2n) is 5.91. The van der Waals surface area contributed by atoms with Gasteiger partial charge in [-0.05, 0) is 50.8 Å². The molecule has 1 aliphatic carbocycles. The molecule has 1 aromatic rings. The minimum atomic E-state index is -0.201. The molecule has 0 amide bonds. The zero-order valence-corrected chi connectivity index (χ0v) is 12.8. The molecule has 3 rings (SSSR count). The number of carbonyl (C=O) groups is 2. The van der Waals surface area contributed by atoms with Crippen LogP contribution in [0.5, 0.6) is 5.75 Å². The van der Waals surface area contributed by atoms with Crippen LogP contribution in [-0.2, 0) is 9.53 Å². The molecule has 2 aliphatic rings. The summed E-state index contributed by atoms with van der Waals surface area (Å²) in [5, 5.41) is 0. The molecule has 0 unspecified atom stereocenters. The molecule has 0 atom stereocenters. The van der Waals surface area contributed by atoms with E-state index < -0.39 is 0 Å². The maximum absolute atomic E-state index is 12.1. The molecular formula is C17H21NO4. The fourth-order valence-electron chi connectivity index (χ4n) is 3.04. The maximum Gasteiger partial charge on any atom is 0.325 e. The van der Waals surface area contributed by atoms with E-state index in [0.29, 0.717) is 24.5 Å². The first-order valence-corrected chi connectivity index (χ1v) is 7.86. The minimum Gasteiger partial charge on any atom is -0.490 e. The number of esters is 1. The van der Waals surface area contributed by atoms with E-state index in [9.17, 15) is 9.59 Å². The molecule has 0 N–H and O–H groups in total. The number of rotatable bonds is 4. The number of benzene rings is 1. The Balaban J connectivity index is 1.71. The molecule has 1 aliphatic heterocycles. The van der Waals surface area contributed by atoms with Crippen LogP contribution in [-0.4, -0.2) is 37.6 Å². The molecule has 1 saturated carbocycles. The van der Waals surface area contributed by atoms with Crippen LogP contribution in [0.2, 0.25) is 0 Å². The molecule has 1 heterocycles. The van der Waals surface area contributed by atoms with Crippen LogP contribution in [0.1, 0.15) is 43.0 Å². The summed E-state index contributed by atoms with van der Waals surface area (Å²) < 4.78 is 11.1. The van der Waals surface area contributed by atoms with Gasteiger partial charge in [0.25, 0.3) is 0 Å². The topological polar surface area (TPSA) is 55.8 Å². The molecular weight excluding hydrogens is 282 g/mol. The largest absolute Gasteiger partial charge is 0.490 e. The van der Waals surface area contributed by atoms with Gasteiger partial charge in [0.1, 0.15) is 25.0 Å². The van der Waals surface area contributed by atoms with Crippen LogP contribution in [0.4, 0.5) is 5.69 Å². The smallest absolute Gasteiger partial charge is 0.325 e. The van der Waals surface area contributed by atoms with Gasteiger partial charge in [-0.1, -0.05) is 0 Å². The van der Waals surface area contributed by atoms with Crippen LogP contribution < -0.4 is 9.64 Å². The SMILES string of the molecule is CC(=O)c1ccc2c(c1)N(CC(=O)OC1CCCC1)CCO2. The second-order valence-corrected chi connectivity index (χ2v) is 5.91. The van der Waals surface area contributed by atoms with E-state index in [1.165, 1.54) is 6.92 Å². The van der Waals surface area contributed by atoms with Crippen molar-refractivity contribution in [2.45, 2.75) is 38.7 Å². The number of carbonyl (C=O) groups excluding carboxylic acids is 2. The molecule has 0 spiro atoms. The second kappa shape index (κ2) is 6.38. The lowest BCUT2D eigenvalue weighted by molar-refractivity contribution is -0.147. The average Bonchev–Trinajstić information content (AvgIpc) is 2.99. The van der Waals surface area contributed by atoms with Crippen molar-refractivity contribution in [1.82, 2.24) is 0 Å². The predicted octanol–water partition coefficient (Wildman–Crippen LogP) is 2.57.